The fourth-order valence-electron chi connectivity index (χ4n) is 5.02. The van der Waals surface area contributed by atoms with E-state index in [1.165, 1.54) is 17.4 Å². The lowest BCUT2D eigenvalue weighted by atomic mass is 9.95. The second kappa shape index (κ2) is 19.1. The van der Waals surface area contributed by atoms with Gasteiger partial charge in [-0.2, -0.15) is 0 Å². The maximum absolute atomic E-state index is 13.7. The van der Waals surface area contributed by atoms with Crippen LogP contribution in [0.2, 0.25) is 0 Å². The maximum atomic E-state index is 13.7. The van der Waals surface area contributed by atoms with Crippen LogP contribution in [-0.2, 0) is 32.0 Å². The van der Waals surface area contributed by atoms with E-state index in [9.17, 15) is 24.0 Å². The van der Waals surface area contributed by atoms with E-state index in [1.807, 2.05) is 38.1 Å². The van der Waals surface area contributed by atoms with Gasteiger partial charge in [-0.3, -0.25) is 19.2 Å². The number of carbonyl (C=O) groups excluding carboxylic acids is 5. The number of urea groups is 1. The molecule has 1 saturated heterocycles. The lowest BCUT2D eigenvalue weighted by Gasteiger charge is -2.31. The molecule has 0 spiro atoms. The van der Waals surface area contributed by atoms with Crippen molar-refractivity contribution in [3.05, 3.63) is 48.0 Å². The van der Waals surface area contributed by atoms with E-state index >= 15 is 0 Å². The van der Waals surface area contributed by atoms with Crippen LogP contribution in [0.1, 0.15) is 70.9 Å². The summed E-state index contributed by atoms with van der Waals surface area (Å²) in [5, 5.41) is 7.62. The third-order valence-electron chi connectivity index (χ3n) is 6.80. The molecule has 1 aliphatic heterocycles. The van der Waals surface area contributed by atoms with Gasteiger partial charge in [-0.15, -0.1) is 18.9 Å². The zero-order valence-corrected chi connectivity index (χ0v) is 25.4. The SMILES string of the molecule is C#CCCC(NC(=O)C1CCCN1C(=O)C(NC(N)=O)C1Cc2ccccc2C1)C(=O)C(=O)NCC=C.CC.CCC. The number of Topliss-reactive ketones (excluding diaryl/α,β-unsaturated/α-hetero) is 1. The highest BCUT2D eigenvalue weighted by atomic mass is 16.2. The molecule has 1 heterocycles. The van der Waals surface area contributed by atoms with Gasteiger partial charge in [0.1, 0.15) is 12.1 Å². The summed E-state index contributed by atoms with van der Waals surface area (Å²) in [4.78, 5) is 65.0. The van der Waals surface area contributed by atoms with Gasteiger partial charge in [0.05, 0.1) is 6.04 Å². The number of fused-ring (bicyclic) bond motifs is 1. The summed E-state index contributed by atoms with van der Waals surface area (Å²) in [7, 11) is 0. The Kier molecular flexibility index (Phi) is 16.3. The molecule has 5 amide bonds. The van der Waals surface area contributed by atoms with E-state index in [0.717, 1.165) is 11.1 Å². The van der Waals surface area contributed by atoms with Gasteiger partial charge >= 0.3 is 6.03 Å². The predicted octanol–water partition coefficient (Wildman–Crippen LogP) is 2.64. The molecule has 230 valence electrons. The second-order valence-electron chi connectivity index (χ2n) is 9.99. The molecule has 2 aliphatic rings. The van der Waals surface area contributed by atoms with Crippen molar-refractivity contribution in [1.82, 2.24) is 20.9 Å². The number of terminal acetylenes is 1. The van der Waals surface area contributed by atoms with Crippen LogP contribution in [-0.4, -0.2) is 65.7 Å². The van der Waals surface area contributed by atoms with Crippen molar-refractivity contribution in [1.29, 1.82) is 0 Å². The minimum absolute atomic E-state index is 0.0788. The van der Waals surface area contributed by atoms with Gasteiger partial charge in [-0.1, -0.05) is 64.5 Å². The van der Waals surface area contributed by atoms with Crippen LogP contribution in [0.4, 0.5) is 4.79 Å². The minimum Gasteiger partial charge on any atom is -0.352 e. The van der Waals surface area contributed by atoms with Gasteiger partial charge in [-0.05, 0) is 49.1 Å². The Hall–Kier alpha value is -4.13. The Labute approximate surface area is 250 Å². The van der Waals surface area contributed by atoms with Crippen molar-refractivity contribution >= 4 is 29.5 Å². The molecule has 3 rings (SSSR count). The topological polar surface area (TPSA) is 151 Å². The van der Waals surface area contributed by atoms with Gasteiger partial charge in [0, 0.05) is 19.5 Å². The first-order valence-corrected chi connectivity index (χ1v) is 14.8. The zero-order chi connectivity index (χ0) is 31.7. The Morgan fingerprint density at radius 2 is 1.71 bits per heavy atom. The van der Waals surface area contributed by atoms with Gasteiger partial charge in [0.25, 0.3) is 5.91 Å². The van der Waals surface area contributed by atoms with E-state index in [2.05, 4.69) is 42.3 Å². The van der Waals surface area contributed by atoms with Gasteiger partial charge in [0.2, 0.25) is 17.6 Å². The van der Waals surface area contributed by atoms with Crippen LogP contribution in [0, 0.1) is 18.3 Å². The van der Waals surface area contributed by atoms with Gasteiger partial charge < -0.3 is 26.6 Å². The molecule has 0 radical (unpaired) electrons. The number of primary amides is 1. The third-order valence-corrected chi connectivity index (χ3v) is 6.80. The van der Waals surface area contributed by atoms with Gasteiger partial charge in [0.15, 0.2) is 0 Å². The smallest absolute Gasteiger partial charge is 0.312 e. The first-order valence-electron chi connectivity index (χ1n) is 14.8. The summed E-state index contributed by atoms with van der Waals surface area (Å²) in [5.41, 5.74) is 7.62. The summed E-state index contributed by atoms with van der Waals surface area (Å²) in [5.74, 6) is -0.423. The molecule has 1 aromatic carbocycles. The quantitative estimate of drug-likeness (QED) is 0.180. The Morgan fingerprint density at radius 3 is 2.24 bits per heavy atom. The van der Waals surface area contributed by atoms with Crippen molar-refractivity contribution in [3.63, 3.8) is 0 Å². The summed E-state index contributed by atoms with van der Waals surface area (Å²) in [6.45, 7) is 12.2. The molecule has 5 N–H and O–H groups in total. The zero-order valence-electron chi connectivity index (χ0n) is 25.4. The van der Waals surface area contributed by atoms with Crippen LogP contribution in [0.15, 0.2) is 36.9 Å². The van der Waals surface area contributed by atoms with E-state index in [4.69, 9.17) is 12.2 Å². The number of nitrogens with two attached hydrogens (primary N) is 1. The van der Waals surface area contributed by atoms with Crippen molar-refractivity contribution in [2.45, 2.75) is 90.8 Å². The average molecular weight is 582 g/mol. The monoisotopic (exact) mass is 581 g/mol. The van der Waals surface area contributed by atoms with Crippen LogP contribution in [0.3, 0.4) is 0 Å². The molecule has 0 saturated carbocycles. The number of ketones is 1. The number of amides is 5. The van der Waals surface area contributed by atoms with Crippen LogP contribution >= 0.6 is 0 Å². The number of nitrogens with zero attached hydrogens (tertiary/aromatic N) is 1. The molecule has 1 fully saturated rings. The highest BCUT2D eigenvalue weighted by molar-refractivity contribution is 6.38. The van der Waals surface area contributed by atoms with E-state index in [-0.39, 0.29) is 25.3 Å². The predicted molar refractivity (Wildman–Crippen MR) is 164 cm³/mol. The number of likely N-dealkylation sites (tertiary alicyclic amines) is 1. The Balaban J connectivity index is 0.00000165. The standard InChI is InChI=1S/C27H33N5O5.C3H8.C2H6/c1-3-5-11-20(23(33)25(35)29-13-4-2)30-24(34)21-12-8-14-32(21)26(36)22(31-27(28)37)19-15-17-9-6-7-10-18(17)16-19;1-3-2;1-2/h1,4,6-7,9-10,19-22H,2,5,8,11-16H2,(H,29,35)(H,30,34)(H3,28,31,37);3H2,1-2H3;1-2H3. The summed E-state index contributed by atoms with van der Waals surface area (Å²) in [6, 6.07) is 4.13. The van der Waals surface area contributed by atoms with Crippen LogP contribution in [0.5, 0.6) is 0 Å². The number of hydrogen-bond donors (Lipinski definition) is 4. The molecule has 3 atom stereocenters. The first-order chi connectivity index (χ1) is 20.2. The summed E-state index contributed by atoms with van der Waals surface area (Å²) >= 11 is 0. The van der Waals surface area contributed by atoms with Crippen molar-refractivity contribution < 1.29 is 24.0 Å². The molecular formula is C32H47N5O5. The third kappa shape index (κ3) is 10.4. The largest absolute Gasteiger partial charge is 0.352 e. The maximum Gasteiger partial charge on any atom is 0.312 e. The lowest BCUT2D eigenvalue weighted by molar-refractivity contribution is -0.143. The fourth-order valence-corrected chi connectivity index (χ4v) is 5.02. The molecule has 0 bridgehead atoms. The van der Waals surface area contributed by atoms with Gasteiger partial charge in [-0.25, -0.2) is 4.79 Å². The number of carbonyl (C=O) groups is 5. The Bertz CT molecular complexity index is 1100. The first kappa shape index (κ1) is 35.9. The normalized spacial score (nSPS) is 16.5. The van der Waals surface area contributed by atoms with Crippen molar-refractivity contribution in [2.24, 2.45) is 11.7 Å². The summed E-state index contributed by atoms with van der Waals surface area (Å²) in [6.07, 6.45) is 10.4. The highest BCUT2D eigenvalue weighted by Crippen LogP contribution is 2.31. The lowest BCUT2D eigenvalue weighted by Crippen LogP contribution is -2.58. The van der Waals surface area contributed by atoms with Crippen LogP contribution < -0.4 is 21.7 Å². The minimum atomic E-state index is -1.13. The van der Waals surface area contributed by atoms with E-state index < -0.39 is 47.7 Å². The molecule has 10 heteroatoms. The molecule has 42 heavy (non-hydrogen) atoms. The number of hydrogen-bond acceptors (Lipinski definition) is 5. The molecule has 1 aliphatic carbocycles. The van der Waals surface area contributed by atoms with E-state index in [0.29, 0.717) is 32.2 Å². The molecule has 3 unspecified atom stereocenters. The van der Waals surface area contributed by atoms with Crippen molar-refractivity contribution in [3.8, 4) is 12.3 Å². The van der Waals surface area contributed by atoms with Crippen LogP contribution in [0.25, 0.3) is 0 Å². The molecule has 1 aromatic rings. The Morgan fingerprint density at radius 1 is 1.12 bits per heavy atom. The number of rotatable bonds is 11. The molecule has 0 aromatic heterocycles. The number of nitrogens with one attached hydrogen (secondary N) is 3. The van der Waals surface area contributed by atoms with E-state index in [1.54, 1.807) is 0 Å². The average Bonchev–Trinajstić information content (AvgIpc) is 3.65. The molecular weight excluding hydrogens is 534 g/mol. The molecule has 10 nitrogen and oxygen atoms in total. The van der Waals surface area contributed by atoms with Crippen molar-refractivity contribution in [2.75, 3.05) is 13.1 Å². The number of benzene rings is 1. The second-order valence-corrected chi connectivity index (χ2v) is 9.99. The highest BCUT2D eigenvalue weighted by Gasteiger charge is 2.42. The summed E-state index contributed by atoms with van der Waals surface area (Å²) < 4.78 is 0. The fraction of sp³-hybridized carbons (Fsp3) is 0.531.